The van der Waals surface area contributed by atoms with Crippen LogP contribution in [-0.2, 0) is 11.3 Å². The second-order valence-electron chi connectivity index (χ2n) is 4.84. The predicted octanol–water partition coefficient (Wildman–Crippen LogP) is 2.17. The highest BCUT2D eigenvalue weighted by Gasteiger charge is 2.20. The molecule has 1 atom stereocenters. The summed E-state index contributed by atoms with van der Waals surface area (Å²) in [6.45, 7) is 3.86. The number of carbonyl (C=O) groups excluding carboxylic acids is 1. The van der Waals surface area contributed by atoms with Crippen LogP contribution in [0.5, 0.6) is 0 Å². The summed E-state index contributed by atoms with van der Waals surface area (Å²) >= 11 is 0. The Labute approximate surface area is 119 Å². The molecule has 0 spiro atoms. The molecule has 1 aliphatic heterocycles. The third-order valence-electron chi connectivity index (χ3n) is 3.37. The molecule has 0 saturated carbocycles. The number of benzene rings is 1. The van der Waals surface area contributed by atoms with E-state index in [1.807, 2.05) is 6.07 Å². The zero-order chi connectivity index (χ0) is 13.0. The maximum Gasteiger partial charge on any atom is 0.224 e. The molecular formula is C14H20ClFN2O. The fourth-order valence-electron chi connectivity index (χ4n) is 2.16. The number of hydrogen-bond acceptors (Lipinski definition) is 2. The van der Waals surface area contributed by atoms with Gasteiger partial charge in [-0.3, -0.25) is 4.79 Å². The molecular weight excluding hydrogens is 267 g/mol. The van der Waals surface area contributed by atoms with Gasteiger partial charge in [-0.1, -0.05) is 12.1 Å². The second-order valence-corrected chi connectivity index (χ2v) is 4.84. The minimum Gasteiger partial charge on any atom is -0.352 e. The lowest BCUT2D eigenvalue weighted by atomic mass is 9.99. The Kier molecular flexibility index (Phi) is 6.25. The summed E-state index contributed by atoms with van der Waals surface area (Å²) in [6.07, 6.45) is 1.97. The fraction of sp³-hybridized carbons (Fsp3) is 0.500. The lowest BCUT2D eigenvalue weighted by Gasteiger charge is -2.21. The van der Waals surface area contributed by atoms with Crippen molar-refractivity contribution in [2.75, 3.05) is 13.1 Å². The van der Waals surface area contributed by atoms with Gasteiger partial charge >= 0.3 is 0 Å². The number of halogens is 2. The quantitative estimate of drug-likeness (QED) is 0.894. The van der Waals surface area contributed by atoms with Crippen molar-refractivity contribution in [1.82, 2.24) is 10.6 Å². The highest BCUT2D eigenvalue weighted by atomic mass is 35.5. The Morgan fingerprint density at radius 3 is 2.95 bits per heavy atom. The number of piperidine rings is 1. The van der Waals surface area contributed by atoms with Gasteiger partial charge in [-0.15, -0.1) is 12.4 Å². The van der Waals surface area contributed by atoms with Crippen molar-refractivity contribution >= 4 is 18.3 Å². The van der Waals surface area contributed by atoms with Crippen LogP contribution in [0.3, 0.4) is 0 Å². The van der Waals surface area contributed by atoms with Crippen LogP contribution in [0.2, 0.25) is 0 Å². The second kappa shape index (κ2) is 7.46. The molecule has 2 N–H and O–H groups in total. The number of carbonyl (C=O) groups is 1. The number of hydrogen-bond donors (Lipinski definition) is 2. The molecule has 106 valence electrons. The van der Waals surface area contributed by atoms with Crippen molar-refractivity contribution in [3.63, 3.8) is 0 Å². The zero-order valence-electron chi connectivity index (χ0n) is 11.0. The van der Waals surface area contributed by atoms with Crippen molar-refractivity contribution in [3.8, 4) is 0 Å². The molecule has 0 bridgehead atoms. The van der Waals surface area contributed by atoms with Gasteiger partial charge in [-0.05, 0) is 43.5 Å². The summed E-state index contributed by atoms with van der Waals surface area (Å²) in [5.74, 6) is -0.113. The van der Waals surface area contributed by atoms with Gasteiger partial charge in [0.05, 0.1) is 5.92 Å². The van der Waals surface area contributed by atoms with E-state index in [9.17, 15) is 9.18 Å². The summed E-state index contributed by atoms with van der Waals surface area (Å²) in [7, 11) is 0. The Bertz CT molecular complexity index is 433. The maximum atomic E-state index is 13.3. The zero-order valence-corrected chi connectivity index (χ0v) is 11.9. The van der Waals surface area contributed by atoms with Gasteiger partial charge in [0.25, 0.3) is 0 Å². The van der Waals surface area contributed by atoms with E-state index in [4.69, 9.17) is 0 Å². The maximum absolute atomic E-state index is 13.3. The van der Waals surface area contributed by atoms with E-state index < -0.39 is 0 Å². The number of aryl methyl sites for hydroxylation is 1. The minimum atomic E-state index is -0.221. The van der Waals surface area contributed by atoms with Crippen LogP contribution in [0, 0.1) is 18.7 Å². The van der Waals surface area contributed by atoms with Gasteiger partial charge in [0.2, 0.25) is 5.91 Å². The van der Waals surface area contributed by atoms with Crippen molar-refractivity contribution in [2.45, 2.75) is 26.3 Å². The number of amides is 1. The van der Waals surface area contributed by atoms with Crippen molar-refractivity contribution in [2.24, 2.45) is 5.92 Å². The van der Waals surface area contributed by atoms with Crippen LogP contribution in [-0.4, -0.2) is 19.0 Å². The highest BCUT2D eigenvalue weighted by molar-refractivity contribution is 5.85. The summed E-state index contributed by atoms with van der Waals surface area (Å²) < 4.78 is 13.3. The standard InChI is InChI=1S/C14H19FN2O.ClH/c1-10-4-5-11(7-13(10)15)8-17-14(18)12-3-2-6-16-9-12;/h4-5,7,12,16H,2-3,6,8-9H2,1H3,(H,17,18);1H. The smallest absolute Gasteiger partial charge is 0.224 e. The summed E-state index contributed by atoms with van der Waals surface area (Å²) in [6, 6.07) is 5.06. The lowest BCUT2D eigenvalue weighted by molar-refractivity contribution is -0.125. The average molecular weight is 287 g/mol. The molecule has 1 heterocycles. The van der Waals surface area contributed by atoms with E-state index in [1.165, 1.54) is 6.07 Å². The van der Waals surface area contributed by atoms with E-state index >= 15 is 0 Å². The fourth-order valence-corrected chi connectivity index (χ4v) is 2.16. The highest BCUT2D eigenvalue weighted by Crippen LogP contribution is 2.11. The first-order chi connectivity index (χ1) is 8.66. The van der Waals surface area contributed by atoms with Gasteiger partial charge in [-0.25, -0.2) is 4.39 Å². The molecule has 3 nitrogen and oxygen atoms in total. The molecule has 1 saturated heterocycles. The molecule has 5 heteroatoms. The molecule has 0 aliphatic carbocycles. The molecule has 1 amide bonds. The molecule has 19 heavy (non-hydrogen) atoms. The van der Waals surface area contributed by atoms with Gasteiger partial charge in [-0.2, -0.15) is 0 Å². The third-order valence-corrected chi connectivity index (χ3v) is 3.37. The molecule has 1 fully saturated rings. The SMILES string of the molecule is Cc1ccc(CNC(=O)C2CCCNC2)cc1F.Cl. The summed E-state index contributed by atoms with van der Waals surface area (Å²) in [5, 5.41) is 6.08. The monoisotopic (exact) mass is 286 g/mol. The average Bonchev–Trinajstić information content (AvgIpc) is 2.41. The van der Waals surface area contributed by atoms with E-state index in [0.717, 1.165) is 31.5 Å². The Balaban J connectivity index is 0.00000180. The van der Waals surface area contributed by atoms with Crippen molar-refractivity contribution in [1.29, 1.82) is 0 Å². The summed E-state index contributed by atoms with van der Waals surface area (Å²) in [5.41, 5.74) is 1.43. The van der Waals surface area contributed by atoms with Gasteiger partial charge < -0.3 is 10.6 Å². The normalized spacial score (nSPS) is 18.5. The third kappa shape index (κ3) is 4.48. The van der Waals surface area contributed by atoms with Crippen LogP contribution >= 0.6 is 12.4 Å². The van der Waals surface area contributed by atoms with Crippen LogP contribution in [0.25, 0.3) is 0 Å². The van der Waals surface area contributed by atoms with Gasteiger partial charge in [0.15, 0.2) is 0 Å². The first kappa shape index (κ1) is 15.9. The van der Waals surface area contributed by atoms with E-state index in [2.05, 4.69) is 10.6 Å². The Morgan fingerprint density at radius 2 is 2.32 bits per heavy atom. The first-order valence-electron chi connectivity index (χ1n) is 6.40. The Morgan fingerprint density at radius 1 is 1.53 bits per heavy atom. The molecule has 0 radical (unpaired) electrons. The van der Waals surface area contributed by atoms with Crippen LogP contribution in [0.4, 0.5) is 4.39 Å². The van der Waals surface area contributed by atoms with Gasteiger partial charge in [0.1, 0.15) is 5.82 Å². The molecule has 1 aliphatic rings. The lowest BCUT2D eigenvalue weighted by Crippen LogP contribution is -2.40. The summed E-state index contributed by atoms with van der Waals surface area (Å²) in [4.78, 5) is 11.9. The molecule has 1 aromatic carbocycles. The van der Waals surface area contributed by atoms with Crippen LogP contribution in [0.15, 0.2) is 18.2 Å². The van der Waals surface area contributed by atoms with Crippen molar-refractivity contribution in [3.05, 3.63) is 35.1 Å². The first-order valence-corrected chi connectivity index (χ1v) is 6.40. The molecule has 0 aromatic heterocycles. The molecule has 1 aromatic rings. The van der Waals surface area contributed by atoms with Crippen LogP contribution in [0.1, 0.15) is 24.0 Å². The Hall–Kier alpha value is -1.13. The topological polar surface area (TPSA) is 41.1 Å². The van der Waals surface area contributed by atoms with Gasteiger partial charge in [0, 0.05) is 13.1 Å². The predicted molar refractivity (Wildman–Crippen MR) is 75.8 cm³/mol. The molecule has 1 unspecified atom stereocenters. The number of nitrogens with one attached hydrogen (secondary N) is 2. The van der Waals surface area contributed by atoms with E-state index in [0.29, 0.717) is 12.1 Å². The molecule has 2 rings (SSSR count). The van der Waals surface area contributed by atoms with Crippen LogP contribution < -0.4 is 10.6 Å². The van der Waals surface area contributed by atoms with E-state index in [-0.39, 0.29) is 30.0 Å². The number of rotatable bonds is 3. The minimum absolute atomic E-state index is 0. The van der Waals surface area contributed by atoms with Crippen molar-refractivity contribution < 1.29 is 9.18 Å². The van der Waals surface area contributed by atoms with E-state index in [1.54, 1.807) is 13.0 Å². The largest absolute Gasteiger partial charge is 0.352 e.